The van der Waals surface area contributed by atoms with E-state index < -0.39 is 0 Å². The molecule has 3 heterocycles. The van der Waals surface area contributed by atoms with E-state index in [2.05, 4.69) is 34.3 Å². The highest BCUT2D eigenvalue weighted by atomic mass is 16.7. The molecule has 29 heavy (non-hydrogen) atoms. The minimum atomic E-state index is -0.197. The van der Waals surface area contributed by atoms with Crippen molar-refractivity contribution in [1.29, 1.82) is 0 Å². The standard InChI is InChI=1S/C20H28N6O3/c1-13(2)9-16(25-7-5-15(6-8-25)19(21)27)20-22-23-24-26(20)11-14-3-4-17-18(10-14)29-12-28-17/h3-4,10,13,15-16H,5-9,11-12H2,1-2H3,(H2,21,27)/t16-/m0/s1. The molecule has 0 unspecified atom stereocenters. The minimum absolute atomic E-state index is 0.0319. The Kier molecular flexibility index (Phi) is 5.66. The topological polar surface area (TPSA) is 108 Å². The Balaban J connectivity index is 1.53. The van der Waals surface area contributed by atoms with Gasteiger partial charge in [-0.3, -0.25) is 9.69 Å². The predicted octanol–water partition coefficient (Wildman–Crippen LogP) is 1.73. The molecule has 9 nitrogen and oxygen atoms in total. The van der Waals surface area contributed by atoms with Gasteiger partial charge in [0.1, 0.15) is 0 Å². The van der Waals surface area contributed by atoms with Crippen LogP contribution in [0.25, 0.3) is 0 Å². The molecular weight excluding hydrogens is 372 g/mol. The summed E-state index contributed by atoms with van der Waals surface area (Å²) < 4.78 is 12.7. The number of benzene rings is 1. The van der Waals surface area contributed by atoms with E-state index in [0.717, 1.165) is 55.2 Å². The second-order valence-corrected chi connectivity index (χ2v) is 8.24. The Morgan fingerprint density at radius 2 is 2.00 bits per heavy atom. The number of primary amides is 1. The Labute approximate surface area is 170 Å². The Morgan fingerprint density at radius 3 is 2.72 bits per heavy atom. The van der Waals surface area contributed by atoms with Crippen LogP contribution >= 0.6 is 0 Å². The summed E-state index contributed by atoms with van der Waals surface area (Å²) in [7, 11) is 0. The van der Waals surface area contributed by atoms with Crippen LogP contribution in [0.1, 0.15) is 50.5 Å². The number of nitrogens with zero attached hydrogens (tertiary/aromatic N) is 5. The number of ether oxygens (including phenoxy) is 2. The largest absolute Gasteiger partial charge is 0.454 e. The molecule has 2 aliphatic heterocycles. The average Bonchev–Trinajstić information content (AvgIpc) is 3.35. The minimum Gasteiger partial charge on any atom is -0.454 e. The molecule has 1 saturated heterocycles. The van der Waals surface area contributed by atoms with Crippen LogP contribution in [0.15, 0.2) is 18.2 Å². The number of likely N-dealkylation sites (tertiary alicyclic amines) is 1. The number of carbonyl (C=O) groups excluding carboxylic acids is 1. The zero-order chi connectivity index (χ0) is 20.4. The van der Waals surface area contributed by atoms with Crippen molar-refractivity contribution in [1.82, 2.24) is 25.1 Å². The number of piperidine rings is 1. The summed E-state index contributed by atoms with van der Waals surface area (Å²) in [5.74, 6) is 2.64. The normalized spacial score (nSPS) is 18.3. The number of amides is 1. The van der Waals surface area contributed by atoms with Crippen LogP contribution in [0.5, 0.6) is 11.5 Å². The van der Waals surface area contributed by atoms with Crippen molar-refractivity contribution in [3.8, 4) is 11.5 Å². The van der Waals surface area contributed by atoms with E-state index in [4.69, 9.17) is 15.2 Å². The number of hydrogen-bond donors (Lipinski definition) is 1. The zero-order valence-corrected chi connectivity index (χ0v) is 17.0. The fraction of sp³-hybridized carbons (Fsp3) is 0.600. The third kappa shape index (κ3) is 4.34. The highest BCUT2D eigenvalue weighted by molar-refractivity contribution is 5.76. The van der Waals surface area contributed by atoms with Gasteiger partial charge >= 0.3 is 0 Å². The van der Waals surface area contributed by atoms with E-state index in [1.54, 1.807) is 0 Å². The molecule has 2 aromatic rings. The number of hydrogen-bond acceptors (Lipinski definition) is 7. The molecule has 156 valence electrons. The number of tetrazole rings is 1. The summed E-state index contributed by atoms with van der Waals surface area (Å²) in [5.41, 5.74) is 6.55. The Morgan fingerprint density at radius 1 is 1.24 bits per heavy atom. The van der Waals surface area contributed by atoms with E-state index in [0.29, 0.717) is 12.5 Å². The smallest absolute Gasteiger partial charge is 0.231 e. The fourth-order valence-electron chi connectivity index (χ4n) is 4.14. The molecule has 0 radical (unpaired) electrons. The quantitative estimate of drug-likeness (QED) is 0.754. The first kappa shape index (κ1) is 19.6. The average molecular weight is 400 g/mol. The van der Waals surface area contributed by atoms with Gasteiger partial charge in [-0.15, -0.1) is 5.10 Å². The second kappa shape index (κ2) is 8.36. The van der Waals surface area contributed by atoms with Gasteiger partial charge in [-0.25, -0.2) is 4.68 Å². The van der Waals surface area contributed by atoms with Gasteiger partial charge < -0.3 is 15.2 Å². The van der Waals surface area contributed by atoms with Crippen molar-refractivity contribution in [2.24, 2.45) is 17.6 Å². The van der Waals surface area contributed by atoms with Crippen molar-refractivity contribution in [2.75, 3.05) is 19.9 Å². The summed E-state index contributed by atoms with van der Waals surface area (Å²) >= 11 is 0. The molecule has 9 heteroatoms. The molecule has 2 N–H and O–H groups in total. The van der Waals surface area contributed by atoms with Crippen LogP contribution in [-0.2, 0) is 11.3 Å². The van der Waals surface area contributed by atoms with Crippen molar-refractivity contribution >= 4 is 5.91 Å². The molecule has 0 saturated carbocycles. The molecule has 4 rings (SSSR count). The van der Waals surface area contributed by atoms with Gasteiger partial charge in [0, 0.05) is 5.92 Å². The van der Waals surface area contributed by atoms with Gasteiger partial charge in [0.25, 0.3) is 0 Å². The van der Waals surface area contributed by atoms with Crippen LogP contribution in [-0.4, -0.2) is 50.9 Å². The lowest BCUT2D eigenvalue weighted by Crippen LogP contribution is -2.41. The third-order valence-corrected chi connectivity index (χ3v) is 5.69. The van der Waals surface area contributed by atoms with E-state index in [1.165, 1.54) is 0 Å². The number of nitrogens with two attached hydrogens (primary N) is 1. The number of fused-ring (bicyclic) bond motifs is 1. The van der Waals surface area contributed by atoms with Crippen molar-refractivity contribution < 1.29 is 14.3 Å². The van der Waals surface area contributed by atoms with E-state index >= 15 is 0 Å². The summed E-state index contributed by atoms with van der Waals surface area (Å²) in [6.45, 7) is 6.87. The lowest BCUT2D eigenvalue weighted by Gasteiger charge is -2.36. The van der Waals surface area contributed by atoms with Crippen LogP contribution in [0.3, 0.4) is 0 Å². The summed E-state index contributed by atoms with van der Waals surface area (Å²) in [5, 5.41) is 12.6. The van der Waals surface area contributed by atoms with Crippen LogP contribution in [0, 0.1) is 11.8 Å². The zero-order valence-electron chi connectivity index (χ0n) is 17.0. The number of carbonyl (C=O) groups is 1. The van der Waals surface area contributed by atoms with Crippen LogP contribution < -0.4 is 15.2 Å². The molecule has 1 amide bonds. The van der Waals surface area contributed by atoms with Crippen LogP contribution in [0.4, 0.5) is 0 Å². The maximum Gasteiger partial charge on any atom is 0.231 e. The molecule has 1 fully saturated rings. The summed E-state index contributed by atoms with van der Waals surface area (Å²) in [6.07, 6.45) is 2.52. The monoisotopic (exact) mass is 400 g/mol. The molecular formula is C20H28N6O3. The first-order valence-corrected chi connectivity index (χ1v) is 10.2. The maximum atomic E-state index is 11.5. The van der Waals surface area contributed by atoms with Gasteiger partial charge in [-0.2, -0.15) is 0 Å². The molecule has 1 atom stereocenters. The van der Waals surface area contributed by atoms with E-state index in [1.807, 2.05) is 22.9 Å². The molecule has 2 aliphatic rings. The predicted molar refractivity (Wildman–Crippen MR) is 105 cm³/mol. The molecule has 0 spiro atoms. The first-order chi connectivity index (χ1) is 14.0. The van der Waals surface area contributed by atoms with Gasteiger partial charge in [-0.05, 0) is 66.4 Å². The Bertz CT molecular complexity index is 860. The van der Waals surface area contributed by atoms with Gasteiger partial charge in [0.2, 0.25) is 12.7 Å². The first-order valence-electron chi connectivity index (χ1n) is 10.2. The van der Waals surface area contributed by atoms with Gasteiger partial charge in [0.15, 0.2) is 17.3 Å². The lowest BCUT2D eigenvalue weighted by atomic mass is 9.93. The molecule has 1 aromatic heterocycles. The molecule has 1 aromatic carbocycles. The fourth-order valence-corrected chi connectivity index (χ4v) is 4.14. The van der Waals surface area contributed by atoms with Gasteiger partial charge in [0.05, 0.1) is 12.6 Å². The number of aromatic nitrogens is 4. The number of rotatable bonds is 7. The van der Waals surface area contributed by atoms with E-state index in [9.17, 15) is 4.79 Å². The molecule has 0 bridgehead atoms. The van der Waals surface area contributed by atoms with E-state index in [-0.39, 0.29) is 24.7 Å². The summed E-state index contributed by atoms with van der Waals surface area (Å²) in [6, 6.07) is 6.01. The highest BCUT2D eigenvalue weighted by Gasteiger charge is 2.32. The summed E-state index contributed by atoms with van der Waals surface area (Å²) in [4.78, 5) is 13.9. The second-order valence-electron chi connectivity index (χ2n) is 8.24. The van der Waals surface area contributed by atoms with Crippen molar-refractivity contribution in [2.45, 2.75) is 45.7 Å². The van der Waals surface area contributed by atoms with Gasteiger partial charge in [-0.1, -0.05) is 19.9 Å². The lowest BCUT2D eigenvalue weighted by molar-refractivity contribution is -0.123. The van der Waals surface area contributed by atoms with Crippen LogP contribution in [0.2, 0.25) is 0 Å². The SMILES string of the molecule is CC(C)C[C@@H](c1nnnn1Cc1ccc2c(c1)OCO2)N1CCC(C(N)=O)CC1. The molecule has 0 aliphatic carbocycles. The maximum absolute atomic E-state index is 11.5. The third-order valence-electron chi connectivity index (χ3n) is 5.69. The Hall–Kier alpha value is -2.68. The van der Waals surface area contributed by atoms with Crippen molar-refractivity contribution in [3.05, 3.63) is 29.6 Å². The highest BCUT2D eigenvalue weighted by Crippen LogP contribution is 2.34. The van der Waals surface area contributed by atoms with Crippen molar-refractivity contribution in [3.63, 3.8) is 0 Å².